The number of carbonyl (C=O) groups excluding carboxylic acids is 1. The van der Waals surface area contributed by atoms with Crippen LogP contribution in [0.2, 0.25) is 0 Å². The van der Waals surface area contributed by atoms with Gasteiger partial charge in [0.2, 0.25) is 5.91 Å². The number of aromatic nitrogens is 1. The highest BCUT2D eigenvalue weighted by Crippen LogP contribution is 2.09. The maximum Gasteiger partial charge on any atom is 0.234 e. The molecular weight excluding hydrogens is 212 g/mol. The Hall–Kier alpha value is -1.87. The molecule has 1 aromatic heterocycles. The van der Waals surface area contributed by atoms with Gasteiger partial charge in [0.15, 0.2) is 0 Å². The molecule has 0 amide bonds. The van der Waals surface area contributed by atoms with Crippen molar-refractivity contribution in [2.45, 2.75) is 19.9 Å². The highest BCUT2D eigenvalue weighted by atomic mass is 16.1. The van der Waals surface area contributed by atoms with Crippen molar-refractivity contribution in [3.63, 3.8) is 0 Å². The monoisotopic (exact) mass is 228 g/mol. The summed E-state index contributed by atoms with van der Waals surface area (Å²) in [7, 11) is 0. The van der Waals surface area contributed by atoms with E-state index in [1.807, 2.05) is 37.3 Å². The smallest absolute Gasteiger partial charge is 0.234 e. The average molecular weight is 228 g/mol. The summed E-state index contributed by atoms with van der Waals surface area (Å²) < 4.78 is 1.61. The first-order valence-electron chi connectivity index (χ1n) is 5.65. The van der Waals surface area contributed by atoms with E-state index in [-0.39, 0.29) is 5.91 Å². The molecule has 2 rings (SSSR count). The molecule has 3 heteroatoms. The summed E-state index contributed by atoms with van der Waals surface area (Å²) in [5.74, 6) is 0.0685. The summed E-state index contributed by atoms with van der Waals surface area (Å²) in [5.41, 5.74) is 8.71. The van der Waals surface area contributed by atoms with E-state index in [0.29, 0.717) is 13.0 Å². The van der Waals surface area contributed by atoms with E-state index in [0.717, 1.165) is 16.7 Å². The Morgan fingerprint density at radius 3 is 2.71 bits per heavy atom. The van der Waals surface area contributed by atoms with Crippen molar-refractivity contribution in [3.8, 4) is 0 Å². The van der Waals surface area contributed by atoms with E-state index in [1.165, 1.54) is 0 Å². The molecule has 0 radical (unpaired) electrons. The average Bonchev–Trinajstić information content (AvgIpc) is 2.81. The fourth-order valence-corrected chi connectivity index (χ4v) is 1.78. The molecule has 0 aliphatic heterocycles. The van der Waals surface area contributed by atoms with Crippen molar-refractivity contribution in [2.75, 3.05) is 0 Å². The molecule has 0 aliphatic rings. The predicted octanol–water partition coefficient (Wildman–Crippen LogP) is 2.14. The van der Waals surface area contributed by atoms with Crippen LogP contribution in [-0.4, -0.2) is 10.5 Å². The van der Waals surface area contributed by atoms with Gasteiger partial charge in [0.25, 0.3) is 0 Å². The first kappa shape index (κ1) is 11.6. The van der Waals surface area contributed by atoms with Crippen LogP contribution in [0.1, 0.15) is 21.5 Å². The summed E-state index contributed by atoms with van der Waals surface area (Å²) in [6, 6.07) is 9.81. The van der Waals surface area contributed by atoms with E-state index in [4.69, 9.17) is 5.73 Å². The lowest BCUT2D eigenvalue weighted by molar-refractivity contribution is 0.0914. The van der Waals surface area contributed by atoms with Crippen molar-refractivity contribution in [3.05, 3.63) is 59.4 Å². The SMILES string of the molecule is Cc1ccccc1CC(=O)n1ccc(CN)c1. The maximum atomic E-state index is 12.0. The van der Waals surface area contributed by atoms with E-state index >= 15 is 0 Å². The van der Waals surface area contributed by atoms with Crippen molar-refractivity contribution >= 4 is 5.91 Å². The van der Waals surface area contributed by atoms with Crippen LogP contribution in [0.15, 0.2) is 42.7 Å². The van der Waals surface area contributed by atoms with Gasteiger partial charge in [-0.15, -0.1) is 0 Å². The predicted molar refractivity (Wildman–Crippen MR) is 67.8 cm³/mol. The third kappa shape index (κ3) is 2.63. The van der Waals surface area contributed by atoms with Crippen LogP contribution in [0.25, 0.3) is 0 Å². The molecule has 0 bridgehead atoms. The molecule has 0 spiro atoms. The van der Waals surface area contributed by atoms with Crippen molar-refractivity contribution in [2.24, 2.45) is 5.73 Å². The Morgan fingerprint density at radius 1 is 1.29 bits per heavy atom. The van der Waals surface area contributed by atoms with Gasteiger partial charge in [-0.25, -0.2) is 0 Å². The van der Waals surface area contributed by atoms with Crippen molar-refractivity contribution < 1.29 is 4.79 Å². The van der Waals surface area contributed by atoms with Gasteiger partial charge in [-0.3, -0.25) is 9.36 Å². The maximum absolute atomic E-state index is 12.0. The number of nitrogens with two attached hydrogens (primary N) is 1. The van der Waals surface area contributed by atoms with Crippen LogP contribution >= 0.6 is 0 Å². The fourth-order valence-electron chi connectivity index (χ4n) is 1.78. The number of aryl methyl sites for hydroxylation is 1. The van der Waals surface area contributed by atoms with Gasteiger partial charge in [0, 0.05) is 18.9 Å². The van der Waals surface area contributed by atoms with Gasteiger partial charge >= 0.3 is 0 Å². The zero-order chi connectivity index (χ0) is 12.3. The second-order valence-electron chi connectivity index (χ2n) is 4.13. The highest BCUT2D eigenvalue weighted by Gasteiger charge is 2.07. The topological polar surface area (TPSA) is 48.0 Å². The van der Waals surface area contributed by atoms with Crippen LogP contribution in [0, 0.1) is 6.92 Å². The number of carbonyl (C=O) groups is 1. The molecule has 0 unspecified atom stereocenters. The molecule has 3 nitrogen and oxygen atoms in total. The van der Waals surface area contributed by atoms with Gasteiger partial charge in [-0.1, -0.05) is 24.3 Å². The minimum absolute atomic E-state index is 0.0685. The van der Waals surface area contributed by atoms with E-state index in [1.54, 1.807) is 17.0 Å². The molecule has 1 aromatic carbocycles. The summed E-state index contributed by atoms with van der Waals surface area (Å²) in [4.78, 5) is 12.0. The number of rotatable bonds is 3. The van der Waals surface area contributed by atoms with Gasteiger partial charge in [-0.05, 0) is 29.7 Å². The second kappa shape index (κ2) is 4.97. The standard InChI is InChI=1S/C14H16N2O/c1-11-4-2-3-5-13(11)8-14(17)16-7-6-12(9-15)10-16/h2-7,10H,8-9,15H2,1H3. The second-order valence-corrected chi connectivity index (χ2v) is 4.13. The molecule has 0 fully saturated rings. The first-order valence-corrected chi connectivity index (χ1v) is 5.65. The quantitative estimate of drug-likeness (QED) is 0.875. The molecule has 88 valence electrons. The number of nitrogens with zero attached hydrogens (tertiary/aromatic N) is 1. The van der Waals surface area contributed by atoms with Crippen molar-refractivity contribution in [1.82, 2.24) is 4.57 Å². The van der Waals surface area contributed by atoms with Crippen LogP contribution in [-0.2, 0) is 13.0 Å². The van der Waals surface area contributed by atoms with Crippen LogP contribution in [0.5, 0.6) is 0 Å². The lowest BCUT2D eigenvalue weighted by Crippen LogP contribution is -2.12. The summed E-state index contributed by atoms with van der Waals surface area (Å²) in [6.45, 7) is 2.48. The normalized spacial score (nSPS) is 10.5. The number of benzene rings is 1. The Morgan fingerprint density at radius 2 is 2.06 bits per heavy atom. The minimum atomic E-state index is 0.0685. The van der Waals surface area contributed by atoms with Crippen LogP contribution in [0.3, 0.4) is 0 Å². The Labute approximate surface area is 101 Å². The van der Waals surface area contributed by atoms with E-state index in [2.05, 4.69) is 0 Å². The zero-order valence-corrected chi connectivity index (χ0v) is 9.89. The molecule has 0 aliphatic carbocycles. The highest BCUT2D eigenvalue weighted by molar-refractivity contribution is 5.81. The van der Waals surface area contributed by atoms with Gasteiger partial charge in [0.05, 0.1) is 6.42 Å². The van der Waals surface area contributed by atoms with Gasteiger partial charge in [-0.2, -0.15) is 0 Å². The van der Waals surface area contributed by atoms with Crippen LogP contribution in [0.4, 0.5) is 0 Å². The molecule has 17 heavy (non-hydrogen) atoms. The third-order valence-corrected chi connectivity index (χ3v) is 2.88. The van der Waals surface area contributed by atoms with Gasteiger partial charge in [0.1, 0.15) is 0 Å². The van der Waals surface area contributed by atoms with Crippen LogP contribution < -0.4 is 5.73 Å². The summed E-state index contributed by atoms with van der Waals surface area (Å²) >= 11 is 0. The largest absolute Gasteiger partial charge is 0.326 e. The fraction of sp³-hybridized carbons (Fsp3) is 0.214. The van der Waals surface area contributed by atoms with E-state index < -0.39 is 0 Å². The molecule has 2 aromatic rings. The first-order chi connectivity index (χ1) is 8.20. The van der Waals surface area contributed by atoms with Gasteiger partial charge < -0.3 is 5.73 Å². The molecule has 0 saturated heterocycles. The number of hydrogen-bond acceptors (Lipinski definition) is 2. The van der Waals surface area contributed by atoms with E-state index in [9.17, 15) is 4.79 Å². The molecule has 0 atom stereocenters. The molecule has 2 N–H and O–H groups in total. The molecular formula is C14H16N2O. The Kier molecular flexibility index (Phi) is 3.40. The van der Waals surface area contributed by atoms with Crippen molar-refractivity contribution in [1.29, 1.82) is 0 Å². The lowest BCUT2D eigenvalue weighted by Gasteiger charge is -2.05. The minimum Gasteiger partial charge on any atom is -0.326 e. The lowest BCUT2D eigenvalue weighted by atomic mass is 10.1. The molecule has 0 saturated carbocycles. The Balaban J connectivity index is 2.14. The summed E-state index contributed by atoms with van der Waals surface area (Å²) in [6.07, 6.45) is 3.98. The number of hydrogen-bond donors (Lipinski definition) is 1. The molecule has 1 heterocycles. The summed E-state index contributed by atoms with van der Waals surface area (Å²) in [5, 5.41) is 0. The Bertz CT molecular complexity index is 529. The zero-order valence-electron chi connectivity index (χ0n) is 9.89. The third-order valence-electron chi connectivity index (χ3n) is 2.88.